The van der Waals surface area contributed by atoms with Gasteiger partial charge in [-0.05, 0) is 48.9 Å². The number of amides is 2. The molecule has 1 saturated heterocycles. The highest BCUT2D eigenvalue weighted by Gasteiger charge is 2.29. The molecule has 5 rings (SSSR count). The van der Waals surface area contributed by atoms with E-state index in [2.05, 4.69) is 15.1 Å². The molecule has 0 spiro atoms. The van der Waals surface area contributed by atoms with E-state index in [9.17, 15) is 14.0 Å². The Morgan fingerprint density at radius 3 is 2.30 bits per heavy atom. The van der Waals surface area contributed by atoms with Crippen LogP contribution in [0.1, 0.15) is 28.9 Å². The van der Waals surface area contributed by atoms with Crippen molar-refractivity contribution in [1.82, 2.24) is 20.0 Å². The molecule has 1 atom stereocenters. The second kappa shape index (κ2) is 12.3. The van der Waals surface area contributed by atoms with E-state index in [4.69, 9.17) is 11.6 Å². The fourth-order valence-electron chi connectivity index (χ4n) is 4.82. The van der Waals surface area contributed by atoms with E-state index in [-0.39, 0.29) is 24.1 Å². The number of aromatic nitrogens is 2. The van der Waals surface area contributed by atoms with Crippen LogP contribution in [-0.2, 0) is 4.79 Å². The van der Waals surface area contributed by atoms with Crippen LogP contribution >= 0.6 is 11.6 Å². The summed E-state index contributed by atoms with van der Waals surface area (Å²) in [5.41, 5.74) is 2.61. The lowest BCUT2D eigenvalue weighted by Gasteiger charge is -2.37. The number of rotatable bonds is 7. The van der Waals surface area contributed by atoms with Crippen molar-refractivity contribution in [2.45, 2.75) is 13.0 Å². The molecule has 0 aliphatic carbocycles. The number of carbonyl (C=O) groups is 2. The molecule has 1 aliphatic heterocycles. The van der Waals surface area contributed by atoms with Crippen LogP contribution in [-0.4, -0.2) is 64.5 Å². The standard InChI is InChI=1S/C31H29ClFN5O2/c1-22(23-8-3-2-4-9-23)38(31(40)24-10-7-11-25(33)20-24)21-30(39)37-18-16-36(17-19-37)29-15-14-28(34-35-29)26-12-5-6-13-27(26)32/h2-15,20,22H,16-19,21H2,1H3/t22-/m1/s1. The summed E-state index contributed by atoms with van der Waals surface area (Å²) in [5.74, 6) is -0.323. The summed E-state index contributed by atoms with van der Waals surface area (Å²) in [6.45, 7) is 3.89. The first kappa shape index (κ1) is 27.3. The Bertz CT molecular complexity index is 1480. The normalized spacial score (nSPS) is 14.1. The first-order chi connectivity index (χ1) is 19.4. The maximum Gasteiger partial charge on any atom is 0.254 e. The zero-order valence-corrected chi connectivity index (χ0v) is 22.8. The van der Waals surface area contributed by atoms with Crippen molar-refractivity contribution in [2.75, 3.05) is 37.6 Å². The zero-order valence-electron chi connectivity index (χ0n) is 22.1. The van der Waals surface area contributed by atoms with Gasteiger partial charge in [-0.25, -0.2) is 4.39 Å². The Balaban J connectivity index is 1.25. The predicted octanol–water partition coefficient (Wildman–Crippen LogP) is 5.49. The molecule has 2 heterocycles. The van der Waals surface area contributed by atoms with E-state index in [1.807, 2.05) is 73.7 Å². The maximum atomic E-state index is 13.9. The van der Waals surface area contributed by atoms with Gasteiger partial charge < -0.3 is 14.7 Å². The first-order valence-corrected chi connectivity index (χ1v) is 13.5. The third-order valence-electron chi connectivity index (χ3n) is 7.14. The second-order valence-corrected chi connectivity index (χ2v) is 10.1. The minimum absolute atomic E-state index is 0.113. The molecule has 0 unspecified atom stereocenters. The average molecular weight is 558 g/mol. The number of piperazine rings is 1. The van der Waals surface area contributed by atoms with Gasteiger partial charge in [0.2, 0.25) is 5.91 Å². The Morgan fingerprint density at radius 2 is 1.62 bits per heavy atom. The van der Waals surface area contributed by atoms with E-state index in [1.165, 1.54) is 23.1 Å². The Kier molecular flexibility index (Phi) is 8.36. The predicted molar refractivity (Wildman–Crippen MR) is 154 cm³/mol. The summed E-state index contributed by atoms with van der Waals surface area (Å²) < 4.78 is 13.9. The van der Waals surface area contributed by atoms with Gasteiger partial charge in [0.15, 0.2) is 5.82 Å². The van der Waals surface area contributed by atoms with Gasteiger partial charge in [-0.2, -0.15) is 0 Å². The molecule has 1 aliphatic rings. The summed E-state index contributed by atoms with van der Waals surface area (Å²) in [7, 11) is 0. The number of halogens is 2. The lowest BCUT2D eigenvalue weighted by molar-refractivity contribution is -0.132. The van der Waals surface area contributed by atoms with Crippen molar-refractivity contribution < 1.29 is 14.0 Å². The highest BCUT2D eigenvalue weighted by atomic mass is 35.5. The molecule has 2 amide bonds. The highest BCUT2D eigenvalue weighted by Crippen LogP contribution is 2.27. The van der Waals surface area contributed by atoms with Gasteiger partial charge in [-0.1, -0.05) is 66.2 Å². The Hall–Kier alpha value is -4.30. The van der Waals surface area contributed by atoms with Gasteiger partial charge >= 0.3 is 0 Å². The van der Waals surface area contributed by atoms with Gasteiger partial charge in [0, 0.05) is 37.3 Å². The molecule has 40 heavy (non-hydrogen) atoms. The number of hydrogen-bond acceptors (Lipinski definition) is 5. The molecule has 0 N–H and O–H groups in total. The fraction of sp³-hybridized carbons (Fsp3) is 0.226. The average Bonchev–Trinajstić information content (AvgIpc) is 3.00. The van der Waals surface area contributed by atoms with Gasteiger partial charge in [0.05, 0.1) is 16.8 Å². The van der Waals surface area contributed by atoms with Crippen LogP contribution in [0.15, 0.2) is 91.0 Å². The maximum absolute atomic E-state index is 13.9. The summed E-state index contributed by atoms with van der Waals surface area (Å²) in [6.07, 6.45) is 0. The minimum atomic E-state index is -0.497. The third kappa shape index (κ3) is 6.13. The van der Waals surface area contributed by atoms with E-state index in [0.717, 1.165) is 16.9 Å². The zero-order chi connectivity index (χ0) is 28.1. The van der Waals surface area contributed by atoms with E-state index in [1.54, 1.807) is 11.0 Å². The molecule has 3 aromatic carbocycles. The fourth-order valence-corrected chi connectivity index (χ4v) is 5.05. The van der Waals surface area contributed by atoms with Crippen LogP contribution in [0.2, 0.25) is 5.02 Å². The number of anilines is 1. The number of carbonyl (C=O) groups excluding carboxylic acids is 2. The molecule has 204 valence electrons. The van der Waals surface area contributed by atoms with E-state index < -0.39 is 11.7 Å². The van der Waals surface area contributed by atoms with Crippen molar-refractivity contribution in [3.8, 4) is 11.3 Å². The van der Waals surface area contributed by atoms with Crippen LogP contribution < -0.4 is 4.90 Å². The highest BCUT2D eigenvalue weighted by molar-refractivity contribution is 6.33. The lowest BCUT2D eigenvalue weighted by atomic mass is 10.1. The lowest BCUT2D eigenvalue weighted by Crippen LogP contribution is -2.52. The van der Waals surface area contributed by atoms with Gasteiger partial charge in [0.1, 0.15) is 12.4 Å². The van der Waals surface area contributed by atoms with Crippen LogP contribution in [0.4, 0.5) is 10.2 Å². The van der Waals surface area contributed by atoms with Crippen LogP contribution in [0.25, 0.3) is 11.3 Å². The van der Waals surface area contributed by atoms with Crippen LogP contribution in [0.3, 0.4) is 0 Å². The number of benzene rings is 3. The molecular weight excluding hydrogens is 529 g/mol. The molecule has 0 bridgehead atoms. The largest absolute Gasteiger partial charge is 0.352 e. The van der Waals surface area contributed by atoms with E-state index in [0.29, 0.717) is 36.9 Å². The van der Waals surface area contributed by atoms with Crippen molar-refractivity contribution in [1.29, 1.82) is 0 Å². The smallest absolute Gasteiger partial charge is 0.254 e. The first-order valence-electron chi connectivity index (χ1n) is 13.1. The van der Waals surface area contributed by atoms with Crippen LogP contribution in [0.5, 0.6) is 0 Å². The van der Waals surface area contributed by atoms with Crippen LogP contribution in [0, 0.1) is 5.82 Å². The van der Waals surface area contributed by atoms with Gasteiger partial charge in [-0.3, -0.25) is 9.59 Å². The summed E-state index contributed by atoms with van der Waals surface area (Å²) >= 11 is 6.29. The summed E-state index contributed by atoms with van der Waals surface area (Å²) in [4.78, 5) is 32.2. The summed E-state index contributed by atoms with van der Waals surface area (Å²) in [5, 5.41) is 9.36. The quantitative estimate of drug-likeness (QED) is 0.301. The van der Waals surface area contributed by atoms with Gasteiger partial charge in [-0.15, -0.1) is 10.2 Å². The molecule has 1 fully saturated rings. The molecule has 1 aromatic heterocycles. The Morgan fingerprint density at radius 1 is 0.900 bits per heavy atom. The topological polar surface area (TPSA) is 69.6 Å². The molecular formula is C31H29ClFN5O2. The second-order valence-electron chi connectivity index (χ2n) is 9.65. The van der Waals surface area contributed by atoms with Crippen molar-refractivity contribution in [3.05, 3.63) is 113 Å². The molecule has 4 aromatic rings. The van der Waals surface area contributed by atoms with Crippen molar-refractivity contribution in [3.63, 3.8) is 0 Å². The van der Waals surface area contributed by atoms with E-state index >= 15 is 0 Å². The van der Waals surface area contributed by atoms with Crippen molar-refractivity contribution >= 4 is 29.2 Å². The third-order valence-corrected chi connectivity index (χ3v) is 7.47. The van der Waals surface area contributed by atoms with Gasteiger partial charge in [0.25, 0.3) is 5.91 Å². The SMILES string of the molecule is C[C@H](c1ccccc1)N(CC(=O)N1CCN(c2ccc(-c3ccccc3Cl)nn2)CC1)C(=O)c1cccc(F)c1. The molecule has 7 nitrogen and oxygen atoms in total. The number of nitrogens with zero attached hydrogens (tertiary/aromatic N) is 5. The number of hydrogen-bond donors (Lipinski definition) is 0. The molecule has 0 radical (unpaired) electrons. The summed E-state index contributed by atoms with van der Waals surface area (Å²) in [6, 6.07) is 26.0. The minimum Gasteiger partial charge on any atom is -0.352 e. The molecule has 0 saturated carbocycles. The molecule has 9 heteroatoms. The Labute approximate surface area is 237 Å². The van der Waals surface area contributed by atoms with Crippen molar-refractivity contribution in [2.24, 2.45) is 0 Å². The monoisotopic (exact) mass is 557 g/mol.